The summed E-state index contributed by atoms with van der Waals surface area (Å²) >= 11 is 0. The highest BCUT2D eigenvalue weighted by Crippen LogP contribution is 2.43. The number of amides is 1. The van der Waals surface area contributed by atoms with Crippen LogP contribution in [0.15, 0.2) is 48.7 Å². The highest BCUT2D eigenvalue weighted by Gasteiger charge is 2.47. The highest BCUT2D eigenvalue weighted by molar-refractivity contribution is 5.94. The molecule has 1 aromatic carbocycles. The number of halogens is 1. The molecule has 1 amide bonds. The first-order valence-electron chi connectivity index (χ1n) is 8.68. The normalized spacial score (nSPS) is 24.5. The first-order chi connectivity index (χ1) is 12.3. The van der Waals surface area contributed by atoms with Gasteiger partial charge in [0.15, 0.2) is 5.65 Å². The molecule has 2 saturated heterocycles. The lowest BCUT2D eigenvalue weighted by Crippen LogP contribution is -2.35. The van der Waals surface area contributed by atoms with E-state index in [0.717, 1.165) is 25.0 Å². The van der Waals surface area contributed by atoms with Crippen molar-refractivity contribution in [2.24, 2.45) is 11.8 Å². The molecular weight excluding hydrogens is 350 g/mol. The Morgan fingerprint density at radius 2 is 1.96 bits per heavy atom. The minimum absolute atomic E-state index is 0. The monoisotopic (exact) mass is 369 g/mol. The van der Waals surface area contributed by atoms with Crippen molar-refractivity contribution in [2.75, 3.05) is 19.6 Å². The van der Waals surface area contributed by atoms with Crippen LogP contribution in [-0.2, 0) is 0 Å². The molecular formula is C19H20ClN5O. The van der Waals surface area contributed by atoms with Crippen molar-refractivity contribution in [1.29, 1.82) is 0 Å². The SMILES string of the molecule is Cl.O=C(c1ccc2cn[nH]c2n1)N1C[C@@H]2CNC[C@@H]2[C@@H]1c1ccccc1. The van der Waals surface area contributed by atoms with E-state index >= 15 is 0 Å². The first kappa shape index (κ1) is 17.0. The second-order valence-electron chi connectivity index (χ2n) is 6.90. The Bertz CT molecular complexity index is 928. The predicted octanol–water partition coefficient (Wildman–Crippen LogP) is 2.41. The molecule has 5 rings (SSSR count). The summed E-state index contributed by atoms with van der Waals surface area (Å²) in [4.78, 5) is 19.7. The summed E-state index contributed by atoms with van der Waals surface area (Å²) in [6.45, 7) is 2.71. The van der Waals surface area contributed by atoms with Crippen LogP contribution in [0.25, 0.3) is 11.0 Å². The lowest BCUT2D eigenvalue weighted by molar-refractivity contribution is 0.0708. The maximum Gasteiger partial charge on any atom is 0.273 e. The summed E-state index contributed by atoms with van der Waals surface area (Å²) in [5.74, 6) is 0.965. The summed E-state index contributed by atoms with van der Waals surface area (Å²) in [5, 5.41) is 11.2. The number of nitrogens with one attached hydrogen (secondary N) is 2. The fourth-order valence-electron chi connectivity index (χ4n) is 4.30. The second-order valence-corrected chi connectivity index (χ2v) is 6.90. The zero-order valence-corrected chi connectivity index (χ0v) is 14.9. The first-order valence-corrected chi connectivity index (χ1v) is 8.68. The van der Waals surface area contributed by atoms with E-state index in [9.17, 15) is 4.79 Å². The molecule has 4 heterocycles. The van der Waals surface area contributed by atoms with E-state index in [1.165, 1.54) is 5.56 Å². The largest absolute Gasteiger partial charge is 0.330 e. The van der Waals surface area contributed by atoms with Gasteiger partial charge in [-0.15, -0.1) is 12.4 Å². The van der Waals surface area contributed by atoms with Gasteiger partial charge in [0.25, 0.3) is 5.91 Å². The smallest absolute Gasteiger partial charge is 0.273 e. The molecule has 0 saturated carbocycles. The van der Waals surface area contributed by atoms with Gasteiger partial charge in [0, 0.05) is 30.9 Å². The Kier molecular flexibility index (Phi) is 4.38. The Labute approximate surface area is 157 Å². The molecule has 0 spiro atoms. The van der Waals surface area contributed by atoms with Gasteiger partial charge in [0.05, 0.1) is 12.2 Å². The molecule has 26 heavy (non-hydrogen) atoms. The van der Waals surface area contributed by atoms with Gasteiger partial charge in [-0.1, -0.05) is 30.3 Å². The van der Waals surface area contributed by atoms with Crippen LogP contribution in [0.4, 0.5) is 0 Å². The summed E-state index contributed by atoms with van der Waals surface area (Å²) in [6, 6.07) is 14.2. The molecule has 134 valence electrons. The minimum Gasteiger partial charge on any atom is -0.330 e. The molecule has 2 aliphatic rings. The molecule has 7 heteroatoms. The number of carbonyl (C=O) groups is 1. The maximum atomic E-state index is 13.2. The standard InChI is InChI=1S/C19H19N5O.ClH/c25-19(16-7-6-13-9-21-23-18(13)22-16)24-11-14-8-20-10-15(14)17(24)12-4-2-1-3-5-12;/h1-7,9,14-15,17,20H,8,10-11H2,(H,21,22,23);1H/t14-,15-,17-;/m0./s1. The third-order valence-electron chi connectivity index (χ3n) is 5.49. The number of benzene rings is 1. The Morgan fingerprint density at radius 1 is 1.12 bits per heavy atom. The van der Waals surface area contributed by atoms with Gasteiger partial charge in [0.1, 0.15) is 5.69 Å². The van der Waals surface area contributed by atoms with Crippen LogP contribution in [0.5, 0.6) is 0 Å². The Hall–Kier alpha value is -2.44. The number of likely N-dealkylation sites (tertiary alicyclic amines) is 1. The van der Waals surface area contributed by atoms with Gasteiger partial charge >= 0.3 is 0 Å². The number of carbonyl (C=O) groups excluding carboxylic acids is 1. The van der Waals surface area contributed by atoms with Crippen molar-refractivity contribution in [2.45, 2.75) is 6.04 Å². The fourth-order valence-corrected chi connectivity index (χ4v) is 4.30. The molecule has 3 aromatic rings. The quantitative estimate of drug-likeness (QED) is 0.727. The number of hydrogen-bond donors (Lipinski definition) is 2. The summed E-state index contributed by atoms with van der Waals surface area (Å²) < 4.78 is 0. The Balaban J connectivity index is 0.00000168. The molecule has 6 nitrogen and oxygen atoms in total. The summed E-state index contributed by atoms with van der Waals surface area (Å²) in [7, 11) is 0. The summed E-state index contributed by atoms with van der Waals surface area (Å²) in [5.41, 5.74) is 2.34. The Morgan fingerprint density at radius 3 is 2.81 bits per heavy atom. The molecule has 0 aliphatic carbocycles. The van der Waals surface area contributed by atoms with E-state index in [0.29, 0.717) is 23.2 Å². The van der Waals surface area contributed by atoms with E-state index in [-0.39, 0.29) is 24.4 Å². The average Bonchev–Trinajstić information content (AvgIpc) is 3.36. The number of rotatable bonds is 2. The van der Waals surface area contributed by atoms with Crippen molar-refractivity contribution in [3.05, 3.63) is 59.9 Å². The van der Waals surface area contributed by atoms with Gasteiger partial charge in [-0.05, 0) is 23.6 Å². The lowest BCUT2D eigenvalue weighted by Gasteiger charge is -2.28. The van der Waals surface area contributed by atoms with Gasteiger partial charge < -0.3 is 10.2 Å². The molecule has 0 unspecified atom stereocenters. The highest BCUT2D eigenvalue weighted by atomic mass is 35.5. The van der Waals surface area contributed by atoms with Gasteiger partial charge in [-0.2, -0.15) is 5.10 Å². The zero-order chi connectivity index (χ0) is 16.8. The van der Waals surface area contributed by atoms with E-state index < -0.39 is 0 Å². The lowest BCUT2D eigenvalue weighted by atomic mass is 9.89. The van der Waals surface area contributed by atoms with Gasteiger partial charge in [-0.3, -0.25) is 9.89 Å². The van der Waals surface area contributed by atoms with Crippen molar-refractivity contribution < 1.29 is 4.79 Å². The number of fused-ring (bicyclic) bond motifs is 2. The van der Waals surface area contributed by atoms with E-state index in [2.05, 4.69) is 32.6 Å². The van der Waals surface area contributed by atoms with Crippen LogP contribution in [0.1, 0.15) is 22.1 Å². The van der Waals surface area contributed by atoms with Gasteiger partial charge in [-0.25, -0.2) is 4.98 Å². The van der Waals surface area contributed by atoms with Crippen molar-refractivity contribution >= 4 is 29.3 Å². The number of nitrogens with zero attached hydrogens (tertiary/aromatic N) is 3. The molecule has 0 bridgehead atoms. The summed E-state index contributed by atoms with van der Waals surface area (Å²) in [6.07, 6.45) is 1.72. The number of pyridine rings is 1. The molecule has 2 aliphatic heterocycles. The van der Waals surface area contributed by atoms with Gasteiger partial charge in [0.2, 0.25) is 0 Å². The molecule has 0 radical (unpaired) electrons. The molecule has 2 fully saturated rings. The van der Waals surface area contributed by atoms with E-state index in [1.54, 1.807) is 12.3 Å². The minimum atomic E-state index is -0.000229. The van der Waals surface area contributed by atoms with Crippen LogP contribution >= 0.6 is 12.4 Å². The third kappa shape index (κ3) is 2.66. The molecule has 2 N–H and O–H groups in total. The number of hydrogen-bond acceptors (Lipinski definition) is 4. The topological polar surface area (TPSA) is 73.9 Å². The van der Waals surface area contributed by atoms with Crippen molar-refractivity contribution in [3.8, 4) is 0 Å². The number of aromatic amines is 1. The zero-order valence-electron chi connectivity index (χ0n) is 14.1. The van der Waals surface area contributed by atoms with E-state index in [1.807, 2.05) is 29.2 Å². The van der Waals surface area contributed by atoms with Crippen LogP contribution in [0.2, 0.25) is 0 Å². The number of aromatic nitrogens is 3. The van der Waals surface area contributed by atoms with Crippen molar-refractivity contribution in [1.82, 2.24) is 25.4 Å². The van der Waals surface area contributed by atoms with Crippen molar-refractivity contribution in [3.63, 3.8) is 0 Å². The van der Waals surface area contributed by atoms with Crippen LogP contribution in [0.3, 0.4) is 0 Å². The van der Waals surface area contributed by atoms with E-state index in [4.69, 9.17) is 0 Å². The molecule has 2 aromatic heterocycles. The predicted molar refractivity (Wildman–Crippen MR) is 101 cm³/mol. The molecule has 3 atom stereocenters. The van der Waals surface area contributed by atoms with Crippen LogP contribution in [0, 0.1) is 11.8 Å². The number of H-pyrrole nitrogens is 1. The third-order valence-corrected chi connectivity index (χ3v) is 5.49. The second kappa shape index (κ2) is 6.70. The maximum absolute atomic E-state index is 13.2. The van der Waals surface area contributed by atoms with Crippen LogP contribution in [-0.4, -0.2) is 45.6 Å². The average molecular weight is 370 g/mol. The fraction of sp³-hybridized carbons (Fsp3) is 0.316. The van der Waals surface area contributed by atoms with Crippen LogP contribution < -0.4 is 5.32 Å².